The van der Waals surface area contributed by atoms with Gasteiger partial charge >= 0.3 is 0 Å². The SMILES string of the molecule is CC1=NC2C=CC=CC2(C)O1. The number of rotatable bonds is 0. The van der Waals surface area contributed by atoms with Crippen LogP contribution in [0.1, 0.15) is 13.8 Å². The van der Waals surface area contributed by atoms with Crippen molar-refractivity contribution in [3.63, 3.8) is 0 Å². The third kappa shape index (κ3) is 0.897. The van der Waals surface area contributed by atoms with Crippen LogP contribution in [0.2, 0.25) is 0 Å². The van der Waals surface area contributed by atoms with Gasteiger partial charge in [0.1, 0.15) is 6.04 Å². The van der Waals surface area contributed by atoms with Gasteiger partial charge in [0.15, 0.2) is 11.5 Å². The third-order valence-electron chi connectivity index (χ3n) is 2.11. The average Bonchev–Trinajstić information content (AvgIpc) is 2.22. The number of hydrogen-bond donors (Lipinski definition) is 0. The summed E-state index contributed by atoms with van der Waals surface area (Å²) in [6, 6.07) is 0.187. The van der Waals surface area contributed by atoms with E-state index >= 15 is 0 Å². The fourth-order valence-electron chi connectivity index (χ4n) is 1.51. The maximum atomic E-state index is 5.56. The largest absolute Gasteiger partial charge is 0.468 e. The first-order valence-electron chi connectivity index (χ1n) is 3.80. The lowest BCUT2D eigenvalue weighted by molar-refractivity contribution is 0.140. The maximum Gasteiger partial charge on any atom is 0.182 e. The van der Waals surface area contributed by atoms with Crippen LogP contribution in [0.3, 0.4) is 0 Å². The number of ether oxygens (including phenoxy) is 1. The van der Waals surface area contributed by atoms with Crippen LogP contribution in [0.25, 0.3) is 0 Å². The van der Waals surface area contributed by atoms with Crippen LogP contribution in [0.15, 0.2) is 29.3 Å². The van der Waals surface area contributed by atoms with Crippen LogP contribution < -0.4 is 0 Å². The number of allylic oxidation sites excluding steroid dienone is 2. The highest BCUT2D eigenvalue weighted by molar-refractivity contribution is 5.76. The van der Waals surface area contributed by atoms with Gasteiger partial charge in [-0.25, -0.2) is 4.99 Å². The van der Waals surface area contributed by atoms with Crippen molar-refractivity contribution in [2.24, 2.45) is 4.99 Å². The first-order valence-corrected chi connectivity index (χ1v) is 3.80. The molecule has 2 heteroatoms. The molecule has 2 atom stereocenters. The van der Waals surface area contributed by atoms with Gasteiger partial charge in [-0.1, -0.05) is 18.2 Å². The summed E-state index contributed by atoms with van der Waals surface area (Å²) in [6.45, 7) is 3.95. The molecule has 0 spiro atoms. The summed E-state index contributed by atoms with van der Waals surface area (Å²) in [4.78, 5) is 4.34. The quantitative estimate of drug-likeness (QED) is 0.513. The smallest absolute Gasteiger partial charge is 0.182 e. The van der Waals surface area contributed by atoms with Gasteiger partial charge in [0, 0.05) is 6.92 Å². The van der Waals surface area contributed by atoms with Gasteiger partial charge in [0.25, 0.3) is 0 Å². The highest BCUT2D eigenvalue weighted by atomic mass is 16.5. The molecule has 0 aromatic heterocycles. The third-order valence-corrected chi connectivity index (χ3v) is 2.11. The normalized spacial score (nSPS) is 39.8. The Labute approximate surface area is 66.3 Å². The van der Waals surface area contributed by atoms with E-state index in [-0.39, 0.29) is 11.6 Å². The Kier molecular flexibility index (Phi) is 1.19. The van der Waals surface area contributed by atoms with Crippen molar-refractivity contribution in [1.82, 2.24) is 0 Å². The molecule has 0 radical (unpaired) electrons. The summed E-state index contributed by atoms with van der Waals surface area (Å²) in [7, 11) is 0. The van der Waals surface area contributed by atoms with Gasteiger partial charge in [-0.15, -0.1) is 0 Å². The Bertz CT molecular complexity index is 265. The van der Waals surface area contributed by atoms with E-state index < -0.39 is 0 Å². The second kappa shape index (κ2) is 1.97. The van der Waals surface area contributed by atoms with E-state index in [9.17, 15) is 0 Å². The van der Waals surface area contributed by atoms with Gasteiger partial charge in [0.05, 0.1) is 0 Å². The topological polar surface area (TPSA) is 21.6 Å². The molecule has 11 heavy (non-hydrogen) atoms. The van der Waals surface area contributed by atoms with Gasteiger partial charge in [0.2, 0.25) is 0 Å². The molecule has 2 unspecified atom stereocenters. The minimum atomic E-state index is -0.209. The Morgan fingerprint density at radius 3 is 3.09 bits per heavy atom. The molecule has 1 aliphatic carbocycles. The average molecular weight is 149 g/mol. The zero-order valence-corrected chi connectivity index (χ0v) is 6.74. The first-order chi connectivity index (χ1) is 5.21. The van der Waals surface area contributed by atoms with E-state index in [4.69, 9.17) is 4.74 Å². The second-order valence-corrected chi connectivity index (χ2v) is 3.12. The molecular weight excluding hydrogens is 138 g/mol. The summed E-state index contributed by atoms with van der Waals surface area (Å²) in [5.41, 5.74) is -0.209. The van der Waals surface area contributed by atoms with Crippen molar-refractivity contribution in [2.75, 3.05) is 0 Å². The van der Waals surface area contributed by atoms with Crippen LogP contribution in [-0.4, -0.2) is 17.5 Å². The molecule has 2 rings (SSSR count). The Hall–Kier alpha value is -1.05. The second-order valence-electron chi connectivity index (χ2n) is 3.12. The lowest BCUT2D eigenvalue weighted by atomic mass is 9.93. The molecule has 1 aliphatic heterocycles. The fourth-order valence-corrected chi connectivity index (χ4v) is 1.51. The summed E-state index contributed by atoms with van der Waals surface area (Å²) >= 11 is 0. The van der Waals surface area contributed by atoms with Gasteiger partial charge in [-0.05, 0) is 13.0 Å². The molecular formula is C9H11NO. The molecule has 2 nitrogen and oxygen atoms in total. The summed E-state index contributed by atoms with van der Waals surface area (Å²) in [5.74, 6) is 0.786. The van der Waals surface area contributed by atoms with E-state index in [0.29, 0.717) is 0 Å². The zero-order chi connectivity index (χ0) is 7.90. The number of hydrogen-bond acceptors (Lipinski definition) is 2. The predicted octanol–water partition coefficient (Wildman–Crippen LogP) is 1.69. The lowest BCUT2D eigenvalue weighted by Crippen LogP contribution is -2.34. The molecule has 0 saturated heterocycles. The lowest BCUT2D eigenvalue weighted by Gasteiger charge is -2.25. The minimum absolute atomic E-state index is 0.187. The van der Waals surface area contributed by atoms with E-state index in [1.807, 2.05) is 19.1 Å². The Morgan fingerprint density at radius 2 is 2.36 bits per heavy atom. The van der Waals surface area contributed by atoms with Gasteiger partial charge in [-0.3, -0.25) is 0 Å². The van der Waals surface area contributed by atoms with Crippen LogP contribution >= 0.6 is 0 Å². The first kappa shape index (κ1) is 6.65. The fraction of sp³-hybridized carbons (Fsp3) is 0.444. The van der Waals surface area contributed by atoms with Crippen LogP contribution in [0, 0.1) is 0 Å². The molecule has 0 N–H and O–H groups in total. The summed E-state index contributed by atoms with van der Waals surface area (Å²) in [6.07, 6.45) is 8.14. The Balaban J connectivity index is 2.35. The van der Waals surface area contributed by atoms with Crippen LogP contribution in [0.4, 0.5) is 0 Å². The summed E-state index contributed by atoms with van der Waals surface area (Å²) < 4.78 is 5.56. The Morgan fingerprint density at radius 1 is 1.55 bits per heavy atom. The maximum absolute atomic E-state index is 5.56. The molecule has 0 bridgehead atoms. The highest BCUT2D eigenvalue weighted by Gasteiger charge is 2.38. The molecule has 58 valence electrons. The molecule has 1 heterocycles. The van der Waals surface area contributed by atoms with Crippen molar-refractivity contribution in [3.8, 4) is 0 Å². The zero-order valence-electron chi connectivity index (χ0n) is 6.74. The monoisotopic (exact) mass is 149 g/mol. The van der Waals surface area contributed by atoms with E-state index in [1.54, 1.807) is 0 Å². The molecule has 2 aliphatic rings. The summed E-state index contributed by atoms with van der Waals surface area (Å²) in [5, 5.41) is 0. The van der Waals surface area contributed by atoms with Crippen LogP contribution in [0.5, 0.6) is 0 Å². The standard InChI is InChI=1S/C9H11NO/c1-7-10-8-5-3-4-6-9(8,2)11-7/h3-6,8H,1-2H3. The van der Waals surface area contributed by atoms with Crippen molar-refractivity contribution in [2.45, 2.75) is 25.5 Å². The van der Waals surface area contributed by atoms with Crippen LogP contribution in [-0.2, 0) is 4.74 Å². The van der Waals surface area contributed by atoms with Crippen molar-refractivity contribution >= 4 is 5.90 Å². The molecule has 0 aromatic rings. The van der Waals surface area contributed by atoms with Gasteiger partial charge < -0.3 is 4.74 Å². The van der Waals surface area contributed by atoms with Crippen molar-refractivity contribution in [3.05, 3.63) is 24.3 Å². The van der Waals surface area contributed by atoms with Gasteiger partial charge in [-0.2, -0.15) is 0 Å². The van der Waals surface area contributed by atoms with Crippen molar-refractivity contribution < 1.29 is 4.74 Å². The van der Waals surface area contributed by atoms with E-state index in [0.717, 1.165) is 5.90 Å². The van der Waals surface area contributed by atoms with Crippen molar-refractivity contribution in [1.29, 1.82) is 0 Å². The van der Waals surface area contributed by atoms with E-state index in [1.165, 1.54) is 0 Å². The highest BCUT2D eigenvalue weighted by Crippen LogP contribution is 2.30. The molecule has 0 amide bonds. The molecule has 0 fully saturated rings. The number of nitrogens with zero attached hydrogens (tertiary/aromatic N) is 1. The number of aliphatic imine (C=N–C) groups is 1. The van der Waals surface area contributed by atoms with E-state index in [2.05, 4.69) is 24.1 Å². The molecule has 0 saturated carbocycles. The molecule has 0 aromatic carbocycles. The number of fused-ring (bicyclic) bond motifs is 1. The minimum Gasteiger partial charge on any atom is -0.468 e. The predicted molar refractivity (Wildman–Crippen MR) is 44.7 cm³/mol.